The van der Waals surface area contributed by atoms with Crippen molar-refractivity contribution in [1.29, 1.82) is 0 Å². The Morgan fingerprint density at radius 2 is 1.49 bits per heavy atom. The van der Waals surface area contributed by atoms with E-state index >= 15 is 0 Å². The lowest BCUT2D eigenvalue weighted by Crippen LogP contribution is -2.14. The number of ether oxygens (including phenoxy) is 1. The summed E-state index contributed by atoms with van der Waals surface area (Å²) in [6.07, 6.45) is 0. The van der Waals surface area contributed by atoms with Crippen LogP contribution in [0.5, 0.6) is 11.5 Å². The smallest absolute Gasteiger partial charge is 0.295 e. The highest BCUT2D eigenvalue weighted by molar-refractivity contribution is 6.30. The van der Waals surface area contributed by atoms with Gasteiger partial charge in [0.25, 0.3) is 5.91 Å². The predicted octanol–water partition coefficient (Wildman–Crippen LogP) is 6.94. The Balaban J connectivity index is 1.40. The van der Waals surface area contributed by atoms with Gasteiger partial charge in [-0.3, -0.25) is 4.79 Å². The molecule has 0 unspecified atom stereocenters. The van der Waals surface area contributed by atoms with E-state index in [-0.39, 0.29) is 5.82 Å². The maximum atomic E-state index is 13.0. The Morgan fingerprint density at radius 3 is 2.17 bits per heavy atom. The van der Waals surface area contributed by atoms with Crippen LogP contribution >= 0.6 is 11.6 Å². The second-order valence-corrected chi connectivity index (χ2v) is 8.34. The highest BCUT2D eigenvalue weighted by Gasteiger charge is 2.19. The lowest BCUT2D eigenvalue weighted by Gasteiger charge is -2.07. The van der Waals surface area contributed by atoms with Gasteiger partial charge in [-0.1, -0.05) is 59.6 Å². The molecule has 0 bridgehead atoms. The Hall–Kier alpha value is -4.42. The van der Waals surface area contributed by atoms with Crippen LogP contribution in [0.4, 0.5) is 5.69 Å². The monoisotopic (exact) mass is 480 g/mol. The molecule has 1 amide bonds. The molecule has 0 saturated carbocycles. The first-order chi connectivity index (χ1) is 17.0. The van der Waals surface area contributed by atoms with Gasteiger partial charge in [0.2, 0.25) is 5.82 Å². The van der Waals surface area contributed by atoms with Gasteiger partial charge in [0.15, 0.2) is 5.82 Å². The molecule has 4 aromatic carbocycles. The molecule has 0 aliphatic rings. The lowest BCUT2D eigenvalue weighted by molar-refractivity contribution is 0.101. The molecular weight excluding hydrogens is 460 g/mol. The van der Waals surface area contributed by atoms with Crippen molar-refractivity contribution in [2.24, 2.45) is 0 Å². The van der Waals surface area contributed by atoms with Crippen molar-refractivity contribution in [3.05, 3.63) is 120 Å². The Kier molecular flexibility index (Phi) is 6.28. The molecule has 6 nitrogen and oxygen atoms in total. The number of carbonyl (C=O) groups excluding carboxylic acids is 1. The molecule has 1 aromatic heterocycles. The summed E-state index contributed by atoms with van der Waals surface area (Å²) < 4.78 is 7.45. The van der Waals surface area contributed by atoms with E-state index < -0.39 is 5.91 Å². The van der Waals surface area contributed by atoms with Crippen molar-refractivity contribution < 1.29 is 9.53 Å². The van der Waals surface area contributed by atoms with Crippen LogP contribution in [-0.2, 0) is 0 Å². The fourth-order valence-corrected chi connectivity index (χ4v) is 3.60. The third-order valence-electron chi connectivity index (χ3n) is 5.28. The second-order valence-electron chi connectivity index (χ2n) is 7.91. The molecule has 5 rings (SSSR count). The zero-order valence-electron chi connectivity index (χ0n) is 18.9. The van der Waals surface area contributed by atoms with Crippen molar-refractivity contribution in [2.45, 2.75) is 6.92 Å². The minimum Gasteiger partial charge on any atom is -0.457 e. The highest BCUT2D eigenvalue weighted by Crippen LogP contribution is 2.25. The van der Waals surface area contributed by atoms with Gasteiger partial charge >= 0.3 is 0 Å². The molecule has 1 N–H and O–H groups in total. The minimum atomic E-state index is -0.414. The quantitative estimate of drug-likeness (QED) is 0.286. The fraction of sp³-hybridized carbons (Fsp3) is 0.0357. The molecule has 0 spiro atoms. The molecule has 0 atom stereocenters. The number of amides is 1. The SMILES string of the molecule is Cc1ccc(-c2nc(C(=O)Nc3ccc(Oc4ccccc4)cc3)nn2-c2ccc(Cl)cc2)cc1. The van der Waals surface area contributed by atoms with Gasteiger partial charge in [0.1, 0.15) is 11.5 Å². The van der Waals surface area contributed by atoms with Crippen molar-refractivity contribution in [2.75, 3.05) is 5.32 Å². The molecule has 0 aliphatic heterocycles. The molecule has 0 aliphatic carbocycles. The van der Waals surface area contributed by atoms with Crippen molar-refractivity contribution >= 4 is 23.2 Å². The Bertz CT molecular complexity index is 1380. The van der Waals surface area contributed by atoms with E-state index in [1.165, 1.54) is 0 Å². The Morgan fingerprint density at radius 1 is 0.829 bits per heavy atom. The predicted molar refractivity (Wildman–Crippen MR) is 137 cm³/mol. The molecule has 172 valence electrons. The van der Waals surface area contributed by atoms with Crippen LogP contribution in [-0.4, -0.2) is 20.7 Å². The molecule has 5 aromatic rings. The van der Waals surface area contributed by atoms with Crippen LogP contribution < -0.4 is 10.1 Å². The highest BCUT2D eigenvalue weighted by atomic mass is 35.5. The second kappa shape index (κ2) is 9.83. The normalized spacial score (nSPS) is 10.7. The molecule has 0 radical (unpaired) electrons. The van der Waals surface area contributed by atoms with Gasteiger partial charge in [-0.05, 0) is 67.6 Å². The number of hydrogen-bond acceptors (Lipinski definition) is 4. The van der Waals surface area contributed by atoms with Gasteiger partial charge in [0.05, 0.1) is 5.69 Å². The number of halogens is 1. The van der Waals surface area contributed by atoms with Gasteiger partial charge in [-0.2, -0.15) is 0 Å². The van der Waals surface area contributed by atoms with Crippen LogP contribution in [0, 0.1) is 6.92 Å². The number of aromatic nitrogens is 3. The minimum absolute atomic E-state index is 0.0557. The van der Waals surface area contributed by atoms with Crippen LogP contribution in [0.15, 0.2) is 103 Å². The zero-order chi connectivity index (χ0) is 24.2. The van der Waals surface area contributed by atoms with E-state index in [4.69, 9.17) is 16.3 Å². The van der Waals surface area contributed by atoms with Gasteiger partial charge in [-0.15, -0.1) is 5.10 Å². The van der Waals surface area contributed by atoms with Crippen molar-refractivity contribution in [3.63, 3.8) is 0 Å². The third-order valence-corrected chi connectivity index (χ3v) is 5.53. The maximum Gasteiger partial charge on any atom is 0.295 e. The number of hydrogen-bond donors (Lipinski definition) is 1. The third kappa shape index (κ3) is 5.23. The fourth-order valence-electron chi connectivity index (χ4n) is 3.48. The molecule has 0 saturated heterocycles. The number of aryl methyl sites for hydroxylation is 1. The van der Waals surface area contributed by atoms with Crippen LogP contribution in [0.3, 0.4) is 0 Å². The van der Waals surface area contributed by atoms with Gasteiger partial charge < -0.3 is 10.1 Å². The number of rotatable bonds is 6. The van der Waals surface area contributed by atoms with Crippen molar-refractivity contribution in [3.8, 4) is 28.6 Å². The number of anilines is 1. The van der Waals surface area contributed by atoms with E-state index in [1.807, 2.05) is 73.7 Å². The van der Waals surface area contributed by atoms with E-state index in [9.17, 15) is 4.79 Å². The standard InChI is InChI=1S/C28H21ClN4O2/c1-19-7-9-20(10-8-19)27-31-26(32-33(27)23-15-11-21(29)12-16-23)28(34)30-22-13-17-25(18-14-22)35-24-5-3-2-4-6-24/h2-18H,1H3,(H,30,34). The lowest BCUT2D eigenvalue weighted by atomic mass is 10.1. The van der Waals surface area contributed by atoms with Crippen molar-refractivity contribution in [1.82, 2.24) is 14.8 Å². The first-order valence-corrected chi connectivity index (χ1v) is 11.4. The van der Waals surface area contributed by atoms with Gasteiger partial charge in [-0.25, -0.2) is 9.67 Å². The summed E-state index contributed by atoms with van der Waals surface area (Å²) >= 11 is 6.06. The first-order valence-electron chi connectivity index (χ1n) is 11.0. The number of carbonyl (C=O) groups is 1. The van der Waals surface area contributed by atoms with Crippen LogP contribution in [0.1, 0.15) is 16.2 Å². The summed E-state index contributed by atoms with van der Waals surface area (Å²) in [4.78, 5) is 17.6. The molecule has 35 heavy (non-hydrogen) atoms. The average Bonchev–Trinajstić information content (AvgIpc) is 3.32. The van der Waals surface area contributed by atoms with Crippen LogP contribution in [0.2, 0.25) is 5.02 Å². The molecule has 7 heteroatoms. The first kappa shape index (κ1) is 22.4. The van der Waals surface area contributed by atoms with E-state index in [1.54, 1.807) is 41.1 Å². The van der Waals surface area contributed by atoms with E-state index in [0.29, 0.717) is 22.3 Å². The number of nitrogens with zero attached hydrogens (tertiary/aromatic N) is 3. The summed E-state index contributed by atoms with van der Waals surface area (Å²) in [6, 6.07) is 31.8. The van der Waals surface area contributed by atoms with Crippen LogP contribution in [0.25, 0.3) is 17.1 Å². The number of para-hydroxylation sites is 1. The summed E-state index contributed by atoms with van der Waals surface area (Å²) in [5.41, 5.74) is 3.33. The topological polar surface area (TPSA) is 69.0 Å². The van der Waals surface area contributed by atoms with E-state index in [2.05, 4.69) is 15.4 Å². The zero-order valence-corrected chi connectivity index (χ0v) is 19.6. The summed E-state index contributed by atoms with van der Waals surface area (Å²) in [5, 5.41) is 7.98. The molecule has 1 heterocycles. The summed E-state index contributed by atoms with van der Waals surface area (Å²) in [5.74, 6) is 1.61. The maximum absolute atomic E-state index is 13.0. The largest absolute Gasteiger partial charge is 0.457 e. The number of nitrogens with one attached hydrogen (secondary N) is 1. The van der Waals surface area contributed by atoms with Gasteiger partial charge in [0, 0.05) is 16.3 Å². The summed E-state index contributed by atoms with van der Waals surface area (Å²) in [6.45, 7) is 2.02. The molecular formula is C28H21ClN4O2. The summed E-state index contributed by atoms with van der Waals surface area (Å²) in [7, 11) is 0. The molecule has 0 fully saturated rings. The average molecular weight is 481 g/mol. The van der Waals surface area contributed by atoms with E-state index in [0.717, 1.165) is 22.6 Å². The Labute approximate surface area is 207 Å². The number of benzene rings is 4.